The highest BCUT2D eigenvalue weighted by molar-refractivity contribution is 5.72. The Morgan fingerprint density at radius 3 is 2.55 bits per heavy atom. The van der Waals surface area contributed by atoms with Gasteiger partial charge in [-0.25, -0.2) is 0 Å². The quantitative estimate of drug-likeness (QED) is 0.837. The Labute approximate surface area is 119 Å². The van der Waals surface area contributed by atoms with Crippen LogP contribution in [0.2, 0.25) is 0 Å². The lowest BCUT2D eigenvalue weighted by Crippen LogP contribution is -2.10. The van der Waals surface area contributed by atoms with Crippen molar-refractivity contribution in [2.75, 3.05) is 30.0 Å². The highest BCUT2D eigenvalue weighted by atomic mass is 15.1. The summed E-state index contributed by atoms with van der Waals surface area (Å²) in [7, 11) is 4.02. The molecule has 20 heavy (non-hydrogen) atoms. The number of hydrogen-bond acceptors (Lipinski definition) is 4. The number of nitrogens with zero attached hydrogens (tertiary/aromatic N) is 2. The Hall–Kier alpha value is -2.67. The van der Waals surface area contributed by atoms with Crippen molar-refractivity contribution in [1.29, 1.82) is 5.26 Å². The summed E-state index contributed by atoms with van der Waals surface area (Å²) in [6, 6.07) is 13.5. The second-order valence-electron chi connectivity index (χ2n) is 4.94. The number of anilines is 4. The summed E-state index contributed by atoms with van der Waals surface area (Å²) in [4.78, 5) is 2.06. The molecule has 0 spiro atoms. The first-order valence-corrected chi connectivity index (χ1v) is 6.36. The number of nitriles is 1. The minimum Gasteiger partial charge on any atom is -0.399 e. The smallest absolute Gasteiger partial charge is 0.101 e. The summed E-state index contributed by atoms with van der Waals surface area (Å²) >= 11 is 0. The molecule has 0 aliphatic heterocycles. The van der Waals surface area contributed by atoms with Crippen LogP contribution in [-0.2, 0) is 0 Å². The Balaban J connectivity index is 2.36. The van der Waals surface area contributed by atoms with Gasteiger partial charge in [0.05, 0.1) is 11.3 Å². The molecule has 0 atom stereocenters. The first-order valence-electron chi connectivity index (χ1n) is 6.36. The van der Waals surface area contributed by atoms with E-state index >= 15 is 0 Å². The predicted octanol–water partition coefficient (Wildman–Crippen LogP) is 3.26. The standard InChI is InChI=1S/C16H18N4/c1-11-4-6-14(9-16(11)20(2)3)19-15-7-5-13(18)8-12(15)10-17/h4-9,19H,18H2,1-3H3. The third kappa shape index (κ3) is 2.83. The molecule has 4 nitrogen and oxygen atoms in total. The second kappa shape index (κ2) is 5.54. The zero-order valence-corrected chi connectivity index (χ0v) is 11.9. The molecular weight excluding hydrogens is 248 g/mol. The van der Waals surface area contributed by atoms with Gasteiger partial charge in [0.25, 0.3) is 0 Å². The van der Waals surface area contributed by atoms with Crippen LogP contribution in [0.4, 0.5) is 22.7 Å². The third-order valence-electron chi connectivity index (χ3n) is 3.13. The molecule has 0 aromatic heterocycles. The van der Waals surface area contributed by atoms with Crippen LogP contribution in [0.15, 0.2) is 36.4 Å². The number of nitrogens with two attached hydrogens (primary N) is 1. The summed E-state index contributed by atoms with van der Waals surface area (Å²) in [5.41, 5.74) is 10.9. The Bertz CT molecular complexity index is 669. The normalized spacial score (nSPS) is 9.90. The van der Waals surface area contributed by atoms with Crippen molar-refractivity contribution in [1.82, 2.24) is 0 Å². The average Bonchev–Trinajstić information content (AvgIpc) is 2.42. The first-order chi connectivity index (χ1) is 9.51. The third-order valence-corrected chi connectivity index (χ3v) is 3.13. The van der Waals surface area contributed by atoms with Crippen LogP contribution in [0.1, 0.15) is 11.1 Å². The van der Waals surface area contributed by atoms with Crippen molar-refractivity contribution in [2.45, 2.75) is 6.92 Å². The van der Waals surface area contributed by atoms with Gasteiger partial charge in [0.1, 0.15) is 6.07 Å². The maximum atomic E-state index is 9.15. The van der Waals surface area contributed by atoms with Gasteiger partial charge in [-0.15, -0.1) is 0 Å². The summed E-state index contributed by atoms with van der Waals surface area (Å²) in [6.07, 6.45) is 0. The fraction of sp³-hybridized carbons (Fsp3) is 0.188. The van der Waals surface area contributed by atoms with E-state index in [-0.39, 0.29) is 0 Å². The van der Waals surface area contributed by atoms with E-state index in [0.29, 0.717) is 11.3 Å². The number of hydrogen-bond donors (Lipinski definition) is 2. The van der Waals surface area contributed by atoms with Gasteiger partial charge in [-0.2, -0.15) is 5.26 Å². The fourth-order valence-corrected chi connectivity index (χ4v) is 2.09. The molecule has 0 unspecified atom stereocenters. The molecule has 0 amide bonds. The Morgan fingerprint density at radius 1 is 1.15 bits per heavy atom. The zero-order valence-electron chi connectivity index (χ0n) is 11.9. The average molecular weight is 266 g/mol. The van der Waals surface area contributed by atoms with Gasteiger partial charge in [-0.05, 0) is 42.8 Å². The van der Waals surface area contributed by atoms with Crippen LogP contribution < -0.4 is 16.0 Å². The minimum absolute atomic E-state index is 0.539. The Morgan fingerprint density at radius 2 is 1.90 bits per heavy atom. The topological polar surface area (TPSA) is 65.1 Å². The molecule has 0 heterocycles. The van der Waals surface area contributed by atoms with E-state index in [0.717, 1.165) is 17.1 Å². The van der Waals surface area contributed by atoms with Crippen molar-refractivity contribution in [3.05, 3.63) is 47.5 Å². The van der Waals surface area contributed by atoms with E-state index in [1.807, 2.05) is 26.2 Å². The molecular formula is C16H18N4. The lowest BCUT2D eigenvalue weighted by molar-refractivity contribution is 1.11. The maximum absolute atomic E-state index is 9.15. The largest absolute Gasteiger partial charge is 0.399 e. The van der Waals surface area contributed by atoms with Crippen LogP contribution in [0.3, 0.4) is 0 Å². The number of nitrogens with one attached hydrogen (secondary N) is 1. The molecule has 0 saturated heterocycles. The molecule has 0 aliphatic carbocycles. The highest BCUT2D eigenvalue weighted by Gasteiger charge is 2.06. The molecule has 0 radical (unpaired) electrons. The predicted molar refractivity (Wildman–Crippen MR) is 84.4 cm³/mol. The minimum atomic E-state index is 0.539. The van der Waals surface area contributed by atoms with E-state index in [1.165, 1.54) is 5.56 Å². The molecule has 102 valence electrons. The van der Waals surface area contributed by atoms with Gasteiger partial charge in [0.15, 0.2) is 0 Å². The SMILES string of the molecule is Cc1ccc(Nc2ccc(N)cc2C#N)cc1N(C)C. The summed E-state index contributed by atoms with van der Waals surface area (Å²) in [5.74, 6) is 0. The molecule has 2 rings (SSSR count). The van der Waals surface area contributed by atoms with Gasteiger partial charge in [0.2, 0.25) is 0 Å². The fourth-order valence-electron chi connectivity index (χ4n) is 2.09. The van der Waals surface area contributed by atoms with Crippen LogP contribution >= 0.6 is 0 Å². The summed E-state index contributed by atoms with van der Waals surface area (Å²) in [6.45, 7) is 2.07. The van der Waals surface area contributed by atoms with E-state index in [1.54, 1.807) is 12.1 Å². The van der Waals surface area contributed by atoms with Gasteiger partial charge < -0.3 is 16.0 Å². The number of aryl methyl sites for hydroxylation is 1. The maximum Gasteiger partial charge on any atom is 0.101 e. The van der Waals surface area contributed by atoms with E-state index in [9.17, 15) is 0 Å². The zero-order chi connectivity index (χ0) is 14.7. The lowest BCUT2D eigenvalue weighted by atomic mass is 10.1. The van der Waals surface area contributed by atoms with Crippen LogP contribution in [0, 0.1) is 18.3 Å². The molecule has 0 fully saturated rings. The van der Waals surface area contributed by atoms with Gasteiger partial charge in [-0.1, -0.05) is 6.07 Å². The van der Waals surface area contributed by atoms with Gasteiger partial charge in [-0.3, -0.25) is 0 Å². The van der Waals surface area contributed by atoms with Crippen LogP contribution in [0.5, 0.6) is 0 Å². The Kier molecular flexibility index (Phi) is 3.81. The summed E-state index contributed by atoms with van der Waals surface area (Å²) in [5, 5.41) is 12.4. The summed E-state index contributed by atoms with van der Waals surface area (Å²) < 4.78 is 0. The number of nitrogen functional groups attached to an aromatic ring is 1. The lowest BCUT2D eigenvalue weighted by Gasteiger charge is -2.18. The van der Waals surface area contributed by atoms with E-state index in [4.69, 9.17) is 11.0 Å². The highest BCUT2D eigenvalue weighted by Crippen LogP contribution is 2.27. The van der Waals surface area contributed by atoms with E-state index in [2.05, 4.69) is 35.3 Å². The van der Waals surface area contributed by atoms with Crippen LogP contribution in [0.25, 0.3) is 0 Å². The number of benzene rings is 2. The van der Waals surface area contributed by atoms with Gasteiger partial charge in [0, 0.05) is 31.2 Å². The molecule has 2 aromatic carbocycles. The number of rotatable bonds is 3. The van der Waals surface area contributed by atoms with Crippen molar-refractivity contribution < 1.29 is 0 Å². The first kappa shape index (κ1) is 13.8. The van der Waals surface area contributed by atoms with Crippen molar-refractivity contribution in [3.63, 3.8) is 0 Å². The molecule has 0 aliphatic rings. The molecule has 0 saturated carbocycles. The monoisotopic (exact) mass is 266 g/mol. The van der Waals surface area contributed by atoms with E-state index < -0.39 is 0 Å². The molecule has 3 N–H and O–H groups in total. The molecule has 2 aromatic rings. The molecule has 4 heteroatoms. The van der Waals surface area contributed by atoms with Gasteiger partial charge >= 0.3 is 0 Å². The second-order valence-corrected chi connectivity index (χ2v) is 4.94. The van der Waals surface area contributed by atoms with Crippen molar-refractivity contribution in [3.8, 4) is 6.07 Å². The molecule has 0 bridgehead atoms. The van der Waals surface area contributed by atoms with Crippen molar-refractivity contribution in [2.24, 2.45) is 0 Å². The van der Waals surface area contributed by atoms with Crippen molar-refractivity contribution >= 4 is 22.7 Å². The van der Waals surface area contributed by atoms with Crippen LogP contribution in [-0.4, -0.2) is 14.1 Å².